The number of nitrogens with one attached hydrogen (secondary N) is 1. The molecule has 2 heterocycles. The van der Waals surface area contributed by atoms with E-state index in [0.717, 1.165) is 19.0 Å². The van der Waals surface area contributed by atoms with Crippen molar-refractivity contribution in [3.05, 3.63) is 23.7 Å². The highest BCUT2D eigenvalue weighted by Crippen LogP contribution is 2.23. The van der Waals surface area contributed by atoms with Crippen LogP contribution in [-0.2, 0) is 6.54 Å². The van der Waals surface area contributed by atoms with E-state index >= 15 is 0 Å². The summed E-state index contributed by atoms with van der Waals surface area (Å²) in [5.41, 5.74) is 2.71. The van der Waals surface area contributed by atoms with Gasteiger partial charge in [0.05, 0.1) is 18.4 Å². The van der Waals surface area contributed by atoms with Crippen molar-refractivity contribution in [1.29, 1.82) is 0 Å². The average Bonchev–Trinajstić information content (AvgIpc) is 2.80. The van der Waals surface area contributed by atoms with Gasteiger partial charge in [-0.2, -0.15) is 0 Å². The van der Waals surface area contributed by atoms with E-state index in [9.17, 15) is 4.79 Å². The first kappa shape index (κ1) is 15.1. The van der Waals surface area contributed by atoms with Gasteiger partial charge in [0.2, 0.25) is 0 Å². The highest BCUT2D eigenvalue weighted by Gasteiger charge is 2.20. The number of carbonyl (C=O) groups is 1. The summed E-state index contributed by atoms with van der Waals surface area (Å²) in [5, 5.41) is 0. The zero-order valence-corrected chi connectivity index (χ0v) is 12.2. The van der Waals surface area contributed by atoms with Crippen molar-refractivity contribution in [2.75, 3.05) is 13.1 Å². The van der Waals surface area contributed by atoms with Crippen LogP contribution in [0.3, 0.4) is 0 Å². The molecule has 0 bridgehead atoms. The monoisotopic (exact) mass is 279 g/mol. The predicted molar refractivity (Wildman–Crippen MR) is 77.9 cm³/mol. The molecule has 1 atom stereocenters. The van der Waals surface area contributed by atoms with Gasteiger partial charge in [0.25, 0.3) is 5.91 Å². The third-order valence-corrected chi connectivity index (χ3v) is 4.13. The van der Waals surface area contributed by atoms with Crippen LogP contribution >= 0.6 is 0 Å². The van der Waals surface area contributed by atoms with Crippen LogP contribution in [0.25, 0.3) is 0 Å². The summed E-state index contributed by atoms with van der Waals surface area (Å²) in [6.45, 7) is 5.09. The second kappa shape index (κ2) is 7.45. The standard InChI is InChI=1S/C15H25N3O2/c1-2-4-12-5-3-8-18(9-6-12)11-14-13(7-10-20-14)15(19)17-16/h7,10,12H,2-6,8-9,11,16H2,1H3,(H,17,19). The van der Waals surface area contributed by atoms with Crippen LogP contribution in [0.1, 0.15) is 55.1 Å². The van der Waals surface area contributed by atoms with Crippen LogP contribution < -0.4 is 11.3 Å². The quantitative estimate of drug-likeness (QED) is 0.493. The molecule has 1 saturated heterocycles. The molecule has 3 N–H and O–H groups in total. The van der Waals surface area contributed by atoms with E-state index in [0.29, 0.717) is 17.9 Å². The summed E-state index contributed by atoms with van der Waals surface area (Å²) in [7, 11) is 0. The van der Waals surface area contributed by atoms with E-state index in [4.69, 9.17) is 10.3 Å². The molecule has 1 aliphatic heterocycles. The maximum Gasteiger partial charge on any atom is 0.268 e. The largest absolute Gasteiger partial charge is 0.467 e. The van der Waals surface area contributed by atoms with E-state index in [1.807, 2.05) is 0 Å². The number of hydrogen-bond donors (Lipinski definition) is 2. The molecule has 0 aliphatic carbocycles. The lowest BCUT2D eigenvalue weighted by Crippen LogP contribution is -2.31. The van der Waals surface area contributed by atoms with Crippen LogP contribution in [0.5, 0.6) is 0 Å². The molecular weight excluding hydrogens is 254 g/mol. The summed E-state index contributed by atoms with van der Waals surface area (Å²) in [4.78, 5) is 14.0. The van der Waals surface area contributed by atoms with Crippen molar-refractivity contribution in [2.45, 2.75) is 45.6 Å². The molecule has 0 radical (unpaired) electrons. The number of hydrogen-bond acceptors (Lipinski definition) is 4. The first-order valence-corrected chi connectivity index (χ1v) is 7.54. The molecule has 1 unspecified atom stereocenters. The summed E-state index contributed by atoms with van der Waals surface area (Å²) in [6.07, 6.45) is 7.94. The lowest BCUT2D eigenvalue weighted by Gasteiger charge is -2.19. The first-order chi connectivity index (χ1) is 9.74. The minimum Gasteiger partial charge on any atom is -0.467 e. The normalized spacial score (nSPS) is 20.6. The molecule has 1 aromatic rings. The second-order valence-corrected chi connectivity index (χ2v) is 5.59. The molecule has 5 nitrogen and oxygen atoms in total. The Hall–Kier alpha value is -1.33. The van der Waals surface area contributed by atoms with Crippen molar-refractivity contribution in [3.63, 3.8) is 0 Å². The number of nitrogens with two attached hydrogens (primary N) is 1. The van der Waals surface area contributed by atoms with Gasteiger partial charge in [-0.05, 0) is 44.3 Å². The van der Waals surface area contributed by atoms with Gasteiger partial charge in [-0.15, -0.1) is 0 Å². The molecule has 2 rings (SSSR count). The fourth-order valence-corrected chi connectivity index (χ4v) is 3.03. The van der Waals surface area contributed by atoms with Crippen LogP contribution in [0, 0.1) is 5.92 Å². The lowest BCUT2D eigenvalue weighted by atomic mass is 9.96. The fraction of sp³-hybridized carbons (Fsp3) is 0.667. The number of furan rings is 1. The fourth-order valence-electron chi connectivity index (χ4n) is 3.03. The number of hydrazine groups is 1. The SMILES string of the molecule is CCCC1CCCN(Cc2occc2C(=O)NN)CC1. The summed E-state index contributed by atoms with van der Waals surface area (Å²) in [5.74, 6) is 6.47. The van der Waals surface area contributed by atoms with Gasteiger partial charge in [0.15, 0.2) is 0 Å². The Morgan fingerprint density at radius 3 is 3.10 bits per heavy atom. The molecule has 0 saturated carbocycles. The first-order valence-electron chi connectivity index (χ1n) is 7.54. The topological polar surface area (TPSA) is 71.5 Å². The highest BCUT2D eigenvalue weighted by molar-refractivity contribution is 5.94. The summed E-state index contributed by atoms with van der Waals surface area (Å²) in [6, 6.07) is 1.68. The Balaban J connectivity index is 1.93. The van der Waals surface area contributed by atoms with Gasteiger partial charge in [-0.1, -0.05) is 19.8 Å². The van der Waals surface area contributed by atoms with Gasteiger partial charge in [-0.25, -0.2) is 5.84 Å². The second-order valence-electron chi connectivity index (χ2n) is 5.59. The van der Waals surface area contributed by atoms with Gasteiger partial charge in [-0.3, -0.25) is 15.1 Å². The maximum absolute atomic E-state index is 11.6. The molecule has 0 aromatic carbocycles. The van der Waals surface area contributed by atoms with Crippen molar-refractivity contribution in [3.8, 4) is 0 Å². The maximum atomic E-state index is 11.6. The molecular formula is C15H25N3O2. The van der Waals surface area contributed by atoms with Gasteiger partial charge < -0.3 is 4.42 Å². The Bertz CT molecular complexity index is 431. The van der Waals surface area contributed by atoms with Crippen LogP contribution in [0.4, 0.5) is 0 Å². The number of carbonyl (C=O) groups excluding carboxylic acids is 1. The van der Waals surface area contributed by atoms with Crippen molar-refractivity contribution in [1.82, 2.24) is 10.3 Å². The zero-order chi connectivity index (χ0) is 14.4. The molecule has 1 aliphatic rings. The number of nitrogens with zero attached hydrogens (tertiary/aromatic N) is 1. The number of rotatable bonds is 5. The molecule has 20 heavy (non-hydrogen) atoms. The highest BCUT2D eigenvalue weighted by atomic mass is 16.3. The van der Waals surface area contributed by atoms with Crippen molar-refractivity contribution >= 4 is 5.91 Å². The molecule has 1 amide bonds. The third kappa shape index (κ3) is 3.84. The number of amides is 1. The molecule has 112 valence electrons. The van der Waals surface area contributed by atoms with Crippen LogP contribution in [0.2, 0.25) is 0 Å². The van der Waals surface area contributed by atoms with Crippen molar-refractivity contribution in [2.24, 2.45) is 11.8 Å². The number of likely N-dealkylation sites (tertiary alicyclic amines) is 1. The summed E-state index contributed by atoms with van der Waals surface area (Å²) < 4.78 is 5.45. The Labute approximate surface area is 120 Å². The van der Waals surface area contributed by atoms with Crippen LogP contribution in [-0.4, -0.2) is 23.9 Å². The van der Waals surface area contributed by atoms with E-state index in [1.165, 1.54) is 32.1 Å². The number of nitrogen functional groups attached to an aromatic ring is 1. The average molecular weight is 279 g/mol. The van der Waals surface area contributed by atoms with E-state index in [-0.39, 0.29) is 5.91 Å². The molecule has 1 fully saturated rings. The van der Waals surface area contributed by atoms with E-state index in [1.54, 1.807) is 12.3 Å². The van der Waals surface area contributed by atoms with Gasteiger partial charge >= 0.3 is 0 Å². The van der Waals surface area contributed by atoms with Gasteiger partial charge in [0, 0.05) is 0 Å². The Kier molecular flexibility index (Phi) is 5.61. The molecule has 1 aromatic heterocycles. The zero-order valence-electron chi connectivity index (χ0n) is 12.2. The lowest BCUT2D eigenvalue weighted by molar-refractivity contribution is 0.0949. The molecule has 5 heteroatoms. The minimum absolute atomic E-state index is 0.285. The van der Waals surface area contributed by atoms with Crippen molar-refractivity contribution < 1.29 is 9.21 Å². The molecule has 0 spiro atoms. The third-order valence-electron chi connectivity index (χ3n) is 4.13. The Morgan fingerprint density at radius 1 is 1.50 bits per heavy atom. The van der Waals surface area contributed by atoms with Crippen LogP contribution in [0.15, 0.2) is 16.7 Å². The predicted octanol–water partition coefficient (Wildman–Crippen LogP) is 2.29. The minimum atomic E-state index is -0.285. The van der Waals surface area contributed by atoms with E-state index in [2.05, 4.69) is 17.2 Å². The Morgan fingerprint density at radius 2 is 2.35 bits per heavy atom. The van der Waals surface area contributed by atoms with Gasteiger partial charge in [0.1, 0.15) is 5.76 Å². The smallest absolute Gasteiger partial charge is 0.268 e. The summed E-state index contributed by atoms with van der Waals surface area (Å²) >= 11 is 0. The van der Waals surface area contributed by atoms with E-state index < -0.39 is 0 Å².